The number of nitrogens with zero attached hydrogens (tertiary/aromatic N) is 1. The van der Waals surface area contributed by atoms with Gasteiger partial charge in [-0.2, -0.15) is 0 Å². The Morgan fingerprint density at radius 1 is 1.29 bits per heavy atom. The van der Waals surface area contributed by atoms with E-state index in [2.05, 4.69) is 5.32 Å². The molecule has 0 aromatic carbocycles. The fraction of sp³-hybridized carbons (Fsp3) is 0.600. The van der Waals surface area contributed by atoms with Crippen LogP contribution in [0.2, 0.25) is 0 Å². The summed E-state index contributed by atoms with van der Waals surface area (Å²) in [7, 11) is 0. The quantitative estimate of drug-likeness (QED) is 0.867. The number of thiophene rings is 1. The molecule has 116 valence electrons. The van der Waals surface area contributed by atoms with Gasteiger partial charge in [-0.15, -0.1) is 11.3 Å². The third-order valence-electron chi connectivity index (χ3n) is 3.50. The number of amides is 2. The first-order chi connectivity index (χ1) is 10.1. The molecular weight excluding hydrogens is 288 g/mol. The summed E-state index contributed by atoms with van der Waals surface area (Å²) in [6.45, 7) is 5.60. The normalized spacial score (nSPS) is 15.4. The lowest BCUT2D eigenvalue weighted by Crippen LogP contribution is -2.35. The lowest BCUT2D eigenvalue weighted by molar-refractivity contribution is 0.0531. The van der Waals surface area contributed by atoms with Crippen LogP contribution in [-0.2, 0) is 4.74 Å². The van der Waals surface area contributed by atoms with Gasteiger partial charge in [-0.1, -0.05) is 12.8 Å². The molecule has 1 aliphatic heterocycles. The number of hydrogen-bond acceptors (Lipinski definition) is 4. The molecule has 1 N–H and O–H groups in total. The van der Waals surface area contributed by atoms with Gasteiger partial charge in [0, 0.05) is 13.1 Å². The van der Waals surface area contributed by atoms with Crippen LogP contribution in [0.4, 0.5) is 9.80 Å². The average molecular weight is 310 g/mol. The molecule has 21 heavy (non-hydrogen) atoms. The van der Waals surface area contributed by atoms with Crippen molar-refractivity contribution in [1.29, 1.82) is 0 Å². The van der Waals surface area contributed by atoms with Crippen molar-refractivity contribution < 1.29 is 14.3 Å². The molecule has 2 amide bonds. The predicted octanol–water partition coefficient (Wildman–Crippen LogP) is 3.64. The van der Waals surface area contributed by atoms with Crippen LogP contribution < -0.4 is 5.32 Å². The molecule has 1 saturated heterocycles. The Morgan fingerprint density at radius 2 is 1.95 bits per heavy atom. The fourth-order valence-electron chi connectivity index (χ4n) is 2.40. The molecule has 1 aromatic heterocycles. The molecule has 0 atom stereocenters. The highest BCUT2D eigenvalue weighted by Gasteiger charge is 2.19. The second-order valence-corrected chi connectivity index (χ2v) is 6.23. The van der Waals surface area contributed by atoms with Crippen molar-refractivity contribution in [3.63, 3.8) is 0 Å². The minimum absolute atomic E-state index is 0.0754. The zero-order chi connectivity index (χ0) is 15.2. The lowest BCUT2D eigenvalue weighted by atomic mass is 10.2. The first-order valence-electron chi connectivity index (χ1n) is 7.45. The highest BCUT2D eigenvalue weighted by atomic mass is 32.1. The highest BCUT2D eigenvalue weighted by molar-refractivity contribution is 7.18. The first kappa shape index (κ1) is 15.8. The second-order valence-electron chi connectivity index (χ2n) is 5.17. The standard InChI is InChI=1S/C15H22N2O3S/c1-3-20-14(18)13-11(2)10-12(21-13)16-15(19)17-8-6-4-5-7-9-17/h10H,3-9H2,1-2H3,(H,16,19). The largest absolute Gasteiger partial charge is 0.462 e. The van der Waals surface area contributed by atoms with E-state index in [1.807, 2.05) is 17.9 Å². The van der Waals surface area contributed by atoms with Crippen LogP contribution >= 0.6 is 11.3 Å². The second kappa shape index (κ2) is 7.45. The summed E-state index contributed by atoms with van der Waals surface area (Å²) in [6, 6.07) is 1.75. The molecule has 2 rings (SSSR count). The van der Waals surface area contributed by atoms with Crippen molar-refractivity contribution in [3.8, 4) is 0 Å². The van der Waals surface area contributed by atoms with Gasteiger partial charge in [-0.25, -0.2) is 9.59 Å². The molecule has 0 bridgehead atoms. The number of nitrogens with one attached hydrogen (secondary N) is 1. The van der Waals surface area contributed by atoms with Gasteiger partial charge in [0.2, 0.25) is 0 Å². The molecule has 5 nitrogen and oxygen atoms in total. The van der Waals surface area contributed by atoms with Gasteiger partial charge in [-0.3, -0.25) is 5.32 Å². The van der Waals surface area contributed by atoms with Crippen molar-refractivity contribution in [2.75, 3.05) is 25.0 Å². The van der Waals surface area contributed by atoms with Gasteiger partial charge >= 0.3 is 12.0 Å². The molecule has 1 fully saturated rings. The van der Waals surface area contributed by atoms with Crippen molar-refractivity contribution in [2.24, 2.45) is 0 Å². The Labute approximate surface area is 129 Å². The van der Waals surface area contributed by atoms with E-state index in [9.17, 15) is 9.59 Å². The average Bonchev–Trinajstić information content (AvgIpc) is 2.67. The zero-order valence-electron chi connectivity index (χ0n) is 12.6. The van der Waals surface area contributed by atoms with Crippen LogP contribution in [0.5, 0.6) is 0 Å². The van der Waals surface area contributed by atoms with Crippen molar-refractivity contribution in [1.82, 2.24) is 4.90 Å². The SMILES string of the molecule is CCOC(=O)c1sc(NC(=O)N2CCCCCC2)cc1C. The van der Waals surface area contributed by atoms with Gasteiger partial charge in [0.1, 0.15) is 4.88 Å². The van der Waals surface area contributed by atoms with Gasteiger partial charge in [0.05, 0.1) is 11.6 Å². The van der Waals surface area contributed by atoms with Gasteiger partial charge in [0.25, 0.3) is 0 Å². The Balaban J connectivity index is 2.00. The monoisotopic (exact) mass is 310 g/mol. The maximum Gasteiger partial charge on any atom is 0.348 e. The predicted molar refractivity (Wildman–Crippen MR) is 84.1 cm³/mol. The van der Waals surface area contributed by atoms with E-state index < -0.39 is 0 Å². The number of aryl methyl sites for hydroxylation is 1. The smallest absolute Gasteiger partial charge is 0.348 e. The summed E-state index contributed by atoms with van der Waals surface area (Å²) >= 11 is 1.27. The molecule has 1 aliphatic rings. The minimum Gasteiger partial charge on any atom is -0.462 e. The van der Waals surface area contributed by atoms with E-state index in [-0.39, 0.29) is 12.0 Å². The van der Waals surface area contributed by atoms with E-state index in [1.54, 1.807) is 6.92 Å². The maximum absolute atomic E-state index is 12.2. The number of hydrogen-bond donors (Lipinski definition) is 1. The Hall–Kier alpha value is -1.56. The van der Waals surface area contributed by atoms with Crippen LogP contribution in [0.15, 0.2) is 6.07 Å². The van der Waals surface area contributed by atoms with Crippen LogP contribution in [0.25, 0.3) is 0 Å². The van der Waals surface area contributed by atoms with Gasteiger partial charge in [-0.05, 0) is 38.3 Å². The molecule has 0 aliphatic carbocycles. The first-order valence-corrected chi connectivity index (χ1v) is 8.27. The summed E-state index contributed by atoms with van der Waals surface area (Å²) in [6.07, 6.45) is 4.50. The summed E-state index contributed by atoms with van der Waals surface area (Å²) in [4.78, 5) is 26.4. The van der Waals surface area contributed by atoms with Crippen molar-refractivity contribution in [2.45, 2.75) is 39.5 Å². The molecule has 0 radical (unpaired) electrons. The van der Waals surface area contributed by atoms with E-state index in [1.165, 1.54) is 24.2 Å². The van der Waals surface area contributed by atoms with Crippen LogP contribution in [-0.4, -0.2) is 36.6 Å². The summed E-state index contributed by atoms with van der Waals surface area (Å²) in [5, 5.41) is 3.59. The summed E-state index contributed by atoms with van der Waals surface area (Å²) in [5.74, 6) is -0.324. The molecular formula is C15H22N2O3S. The van der Waals surface area contributed by atoms with E-state index in [0.29, 0.717) is 16.5 Å². The molecule has 0 spiro atoms. The number of carbonyl (C=O) groups is 2. The number of urea groups is 1. The third kappa shape index (κ3) is 4.20. The number of anilines is 1. The van der Waals surface area contributed by atoms with Gasteiger partial charge < -0.3 is 9.64 Å². The zero-order valence-corrected chi connectivity index (χ0v) is 13.4. The molecule has 2 heterocycles. The fourth-order valence-corrected chi connectivity index (χ4v) is 3.36. The molecule has 0 unspecified atom stereocenters. The number of ether oxygens (including phenoxy) is 1. The molecule has 0 saturated carbocycles. The number of rotatable bonds is 3. The van der Waals surface area contributed by atoms with Crippen molar-refractivity contribution >= 4 is 28.3 Å². The molecule has 1 aromatic rings. The Morgan fingerprint density at radius 3 is 2.57 bits per heavy atom. The van der Waals surface area contributed by atoms with Crippen molar-refractivity contribution in [3.05, 3.63) is 16.5 Å². The van der Waals surface area contributed by atoms with E-state index >= 15 is 0 Å². The maximum atomic E-state index is 12.2. The summed E-state index contributed by atoms with van der Waals surface area (Å²) in [5.41, 5.74) is 0.838. The van der Waals surface area contributed by atoms with Crippen LogP contribution in [0, 0.1) is 6.92 Å². The topological polar surface area (TPSA) is 58.6 Å². The van der Waals surface area contributed by atoms with E-state index in [4.69, 9.17) is 4.74 Å². The Kier molecular flexibility index (Phi) is 5.61. The molecule has 6 heteroatoms. The van der Waals surface area contributed by atoms with E-state index in [0.717, 1.165) is 31.5 Å². The number of esters is 1. The number of carbonyl (C=O) groups excluding carboxylic acids is 2. The lowest BCUT2D eigenvalue weighted by Gasteiger charge is -2.20. The van der Waals surface area contributed by atoms with Crippen LogP contribution in [0.3, 0.4) is 0 Å². The highest BCUT2D eigenvalue weighted by Crippen LogP contribution is 2.27. The summed E-state index contributed by atoms with van der Waals surface area (Å²) < 4.78 is 5.01. The van der Waals surface area contributed by atoms with Gasteiger partial charge in [0.15, 0.2) is 0 Å². The Bertz CT molecular complexity index is 505. The minimum atomic E-state index is -0.324. The third-order valence-corrected chi connectivity index (χ3v) is 4.63. The van der Waals surface area contributed by atoms with Crippen LogP contribution in [0.1, 0.15) is 47.8 Å². The number of likely N-dealkylation sites (tertiary alicyclic amines) is 1.